The molecular formula is C18H21N7O3. The van der Waals surface area contributed by atoms with Crippen LogP contribution in [0.15, 0.2) is 49.1 Å². The number of hydrogen-bond donors (Lipinski definition) is 1. The number of ketones is 1. The van der Waals surface area contributed by atoms with Crippen molar-refractivity contribution in [3.05, 3.63) is 60.4 Å². The van der Waals surface area contributed by atoms with Crippen molar-refractivity contribution in [1.29, 1.82) is 0 Å². The summed E-state index contributed by atoms with van der Waals surface area (Å²) in [6.07, 6.45) is 4.86. The van der Waals surface area contributed by atoms with Crippen LogP contribution in [0.1, 0.15) is 24.7 Å². The lowest BCUT2D eigenvalue weighted by Crippen LogP contribution is -2.42. The molecule has 28 heavy (non-hydrogen) atoms. The van der Waals surface area contributed by atoms with Gasteiger partial charge in [-0.2, -0.15) is 4.80 Å². The second kappa shape index (κ2) is 9.40. The summed E-state index contributed by atoms with van der Waals surface area (Å²) in [4.78, 5) is 29.6. The monoisotopic (exact) mass is 383 g/mol. The Labute approximate surface area is 161 Å². The summed E-state index contributed by atoms with van der Waals surface area (Å²) in [6, 6.07) is 8.63. The van der Waals surface area contributed by atoms with E-state index in [0.29, 0.717) is 18.8 Å². The maximum atomic E-state index is 12.5. The number of Topliss-reactive ketones (excluding diaryl/α,β-unsaturated/α-hetero) is 1. The first kappa shape index (κ1) is 19.2. The van der Waals surface area contributed by atoms with Gasteiger partial charge in [0.05, 0.1) is 18.9 Å². The van der Waals surface area contributed by atoms with E-state index in [1.54, 1.807) is 30.2 Å². The fourth-order valence-electron chi connectivity index (χ4n) is 2.52. The first-order valence-corrected chi connectivity index (χ1v) is 8.86. The largest absolute Gasteiger partial charge is 0.445 e. The molecule has 0 saturated carbocycles. The molecule has 1 atom stereocenters. The highest BCUT2D eigenvalue weighted by molar-refractivity contribution is 5.87. The standard InChI is InChI=1S/C18H21N7O3/c1-2-15(20-18(27)28-12-14-6-4-3-5-7-14)16(26)10-25-22-17(21-23-25)11-24-9-8-19-13-24/h3-9,13,15H,2,10-12H2,1H3,(H,20,27). The molecule has 0 fully saturated rings. The number of tetrazole rings is 1. The first-order valence-electron chi connectivity index (χ1n) is 8.86. The van der Waals surface area contributed by atoms with Crippen molar-refractivity contribution in [1.82, 2.24) is 35.1 Å². The van der Waals surface area contributed by atoms with Gasteiger partial charge in [-0.3, -0.25) is 4.79 Å². The Morgan fingerprint density at radius 2 is 2.07 bits per heavy atom. The maximum absolute atomic E-state index is 12.5. The van der Waals surface area contributed by atoms with E-state index in [9.17, 15) is 9.59 Å². The summed E-state index contributed by atoms with van der Waals surface area (Å²) < 4.78 is 6.96. The highest BCUT2D eigenvalue weighted by Crippen LogP contribution is 2.02. The van der Waals surface area contributed by atoms with Crippen molar-refractivity contribution in [2.24, 2.45) is 0 Å². The van der Waals surface area contributed by atoms with Gasteiger partial charge in [0, 0.05) is 12.4 Å². The van der Waals surface area contributed by atoms with E-state index in [1.165, 1.54) is 4.80 Å². The number of alkyl carbamates (subject to hydrolysis) is 1. The number of amides is 1. The van der Waals surface area contributed by atoms with Gasteiger partial charge in [0.2, 0.25) is 0 Å². The molecule has 146 valence electrons. The van der Waals surface area contributed by atoms with Gasteiger partial charge < -0.3 is 14.6 Å². The number of aromatic nitrogens is 6. The first-order chi connectivity index (χ1) is 13.6. The van der Waals surface area contributed by atoms with E-state index in [1.807, 2.05) is 30.3 Å². The molecule has 2 heterocycles. The van der Waals surface area contributed by atoms with E-state index in [2.05, 4.69) is 25.7 Å². The van der Waals surface area contributed by atoms with E-state index in [0.717, 1.165) is 5.56 Å². The predicted octanol–water partition coefficient (Wildman–Crippen LogP) is 1.19. The van der Waals surface area contributed by atoms with Crippen molar-refractivity contribution in [2.75, 3.05) is 0 Å². The van der Waals surface area contributed by atoms with Gasteiger partial charge in [-0.15, -0.1) is 10.2 Å². The van der Waals surface area contributed by atoms with Crippen molar-refractivity contribution in [3.8, 4) is 0 Å². The normalized spacial score (nSPS) is 11.8. The lowest BCUT2D eigenvalue weighted by Gasteiger charge is -2.15. The zero-order valence-electron chi connectivity index (χ0n) is 15.4. The van der Waals surface area contributed by atoms with Gasteiger partial charge in [0.15, 0.2) is 11.6 Å². The van der Waals surface area contributed by atoms with Gasteiger partial charge in [0.25, 0.3) is 0 Å². The highest BCUT2D eigenvalue weighted by atomic mass is 16.5. The topological polar surface area (TPSA) is 117 Å². The quantitative estimate of drug-likeness (QED) is 0.590. The number of nitrogens with zero attached hydrogens (tertiary/aromatic N) is 6. The van der Waals surface area contributed by atoms with Crippen LogP contribution in [-0.4, -0.2) is 47.7 Å². The van der Waals surface area contributed by atoms with Gasteiger partial charge >= 0.3 is 6.09 Å². The van der Waals surface area contributed by atoms with Crippen LogP contribution in [0.2, 0.25) is 0 Å². The molecule has 1 unspecified atom stereocenters. The van der Waals surface area contributed by atoms with Crippen LogP contribution < -0.4 is 5.32 Å². The van der Waals surface area contributed by atoms with Crippen LogP contribution in [-0.2, 0) is 29.2 Å². The number of rotatable bonds is 9. The maximum Gasteiger partial charge on any atom is 0.408 e. The van der Waals surface area contributed by atoms with E-state index < -0.39 is 12.1 Å². The Morgan fingerprint density at radius 3 is 2.79 bits per heavy atom. The molecule has 0 aliphatic heterocycles. The van der Waals surface area contributed by atoms with Gasteiger partial charge in [0.1, 0.15) is 13.2 Å². The average Bonchev–Trinajstić information content (AvgIpc) is 3.37. The predicted molar refractivity (Wildman–Crippen MR) is 98.0 cm³/mol. The molecule has 1 N–H and O–H groups in total. The number of carbonyl (C=O) groups is 2. The van der Waals surface area contributed by atoms with Crippen LogP contribution in [0, 0.1) is 0 Å². The molecule has 2 aromatic heterocycles. The van der Waals surface area contributed by atoms with Crippen molar-refractivity contribution in [2.45, 2.75) is 39.1 Å². The summed E-state index contributed by atoms with van der Waals surface area (Å²) in [5, 5.41) is 14.6. The molecule has 0 bridgehead atoms. The number of nitrogens with one attached hydrogen (secondary N) is 1. The van der Waals surface area contributed by atoms with E-state index in [-0.39, 0.29) is 18.9 Å². The number of ether oxygens (including phenoxy) is 1. The average molecular weight is 383 g/mol. The number of hydrogen-bond acceptors (Lipinski definition) is 7. The second-order valence-electron chi connectivity index (χ2n) is 6.10. The third kappa shape index (κ3) is 5.47. The van der Waals surface area contributed by atoms with Gasteiger partial charge in [-0.1, -0.05) is 37.3 Å². The SMILES string of the molecule is CCC(NC(=O)OCc1ccccc1)C(=O)Cn1nnc(Cn2ccnc2)n1. The summed E-state index contributed by atoms with van der Waals surface area (Å²) >= 11 is 0. The third-order valence-electron chi connectivity index (χ3n) is 3.98. The molecule has 0 aliphatic carbocycles. The van der Waals surface area contributed by atoms with Crippen LogP contribution in [0.3, 0.4) is 0 Å². The van der Waals surface area contributed by atoms with Crippen molar-refractivity contribution < 1.29 is 14.3 Å². The fourth-order valence-corrected chi connectivity index (χ4v) is 2.52. The molecule has 1 amide bonds. The summed E-state index contributed by atoms with van der Waals surface area (Å²) in [5.74, 6) is 0.236. The molecule has 0 radical (unpaired) electrons. The second-order valence-corrected chi connectivity index (χ2v) is 6.10. The van der Waals surface area contributed by atoms with Crippen LogP contribution >= 0.6 is 0 Å². The fraction of sp³-hybridized carbons (Fsp3) is 0.333. The summed E-state index contributed by atoms with van der Waals surface area (Å²) in [5.41, 5.74) is 0.870. The molecule has 0 saturated heterocycles. The zero-order valence-corrected chi connectivity index (χ0v) is 15.4. The number of imidazole rings is 1. The lowest BCUT2D eigenvalue weighted by atomic mass is 10.1. The molecule has 0 aliphatic rings. The number of benzene rings is 1. The Balaban J connectivity index is 1.49. The molecule has 10 nitrogen and oxygen atoms in total. The van der Waals surface area contributed by atoms with Crippen molar-refractivity contribution >= 4 is 11.9 Å². The Hall–Kier alpha value is -3.56. The van der Waals surface area contributed by atoms with Crippen LogP contribution in [0.25, 0.3) is 0 Å². The van der Waals surface area contributed by atoms with Crippen molar-refractivity contribution in [3.63, 3.8) is 0 Å². The van der Waals surface area contributed by atoms with Gasteiger partial charge in [-0.05, 0) is 17.2 Å². The minimum absolute atomic E-state index is 0.0889. The van der Waals surface area contributed by atoms with Crippen LogP contribution in [0.4, 0.5) is 4.79 Å². The number of carbonyl (C=O) groups excluding carboxylic acids is 2. The minimum Gasteiger partial charge on any atom is -0.445 e. The molecule has 1 aromatic carbocycles. The molecule has 3 aromatic rings. The Kier molecular flexibility index (Phi) is 6.45. The lowest BCUT2D eigenvalue weighted by molar-refractivity contribution is -0.122. The smallest absolute Gasteiger partial charge is 0.408 e. The summed E-state index contributed by atoms with van der Waals surface area (Å²) in [6.45, 7) is 2.27. The molecular weight excluding hydrogens is 362 g/mol. The highest BCUT2D eigenvalue weighted by Gasteiger charge is 2.21. The van der Waals surface area contributed by atoms with Crippen LogP contribution in [0.5, 0.6) is 0 Å². The minimum atomic E-state index is -0.689. The summed E-state index contributed by atoms with van der Waals surface area (Å²) in [7, 11) is 0. The molecule has 0 spiro atoms. The Morgan fingerprint density at radius 1 is 1.25 bits per heavy atom. The Bertz CT molecular complexity index is 893. The third-order valence-corrected chi connectivity index (χ3v) is 3.98. The van der Waals surface area contributed by atoms with Gasteiger partial charge in [-0.25, -0.2) is 9.78 Å². The molecule has 10 heteroatoms. The van der Waals surface area contributed by atoms with E-state index in [4.69, 9.17) is 4.74 Å². The van der Waals surface area contributed by atoms with E-state index >= 15 is 0 Å². The molecule has 3 rings (SSSR count). The zero-order chi connectivity index (χ0) is 19.8.